The van der Waals surface area contributed by atoms with Gasteiger partial charge in [-0.1, -0.05) is 78.9 Å². The minimum absolute atomic E-state index is 0.406. The highest BCUT2D eigenvalue weighted by Gasteiger charge is 2.36. The van der Waals surface area contributed by atoms with Crippen molar-refractivity contribution in [2.24, 2.45) is 0 Å². The van der Waals surface area contributed by atoms with E-state index in [0.717, 1.165) is 25.3 Å². The van der Waals surface area contributed by atoms with Crippen molar-refractivity contribution in [3.8, 4) is 5.69 Å². The zero-order chi connectivity index (χ0) is 19.5. The zero-order valence-electron chi connectivity index (χ0n) is 16.4. The Balaban J connectivity index is 1.49. The number of rotatable bonds is 5. The van der Waals surface area contributed by atoms with E-state index in [0.29, 0.717) is 11.8 Å². The van der Waals surface area contributed by atoms with Crippen LogP contribution < -0.4 is 0 Å². The molecule has 0 bridgehead atoms. The molecule has 3 nitrogen and oxygen atoms in total. The van der Waals surface area contributed by atoms with E-state index in [-0.39, 0.29) is 0 Å². The van der Waals surface area contributed by atoms with E-state index in [9.17, 15) is 0 Å². The van der Waals surface area contributed by atoms with Crippen LogP contribution in [0.3, 0.4) is 0 Å². The molecule has 0 spiro atoms. The molecule has 29 heavy (non-hydrogen) atoms. The van der Waals surface area contributed by atoms with E-state index in [4.69, 9.17) is 0 Å². The summed E-state index contributed by atoms with van der Waals surface area (Å²) in [7, 11) is 0. The molecule has 1 aromatic heterocycles. The molecule has 1 fully saturated rings. The molecule has 3 aromatic carbocycles. The van der Waals surface area contributed by atoms with Crippen molar-refractivity contribution in [2.75, 3.05) is 13.1 Å². The summed E-state index contributed by atoms with van der Waals surface area (Å²) in [6, 6.07) is 34.4. The third-order valence-electron chi connectivity index (χ3n) is 5.92. The van der Waals surface area contributed by atoms with Crippen molar-refractivity contribution < 1.29 is 0 Å². The average Bonchev–Trinajstić information content (AvgIpc) is 3.43. The smallest absolute Gasteiger partial charge is 0.0648 e. The maximum absolute atomic E-state index is 4.67. The summed E-state index contributed by atoms with van der Waals surface area (Å²) in [6.07, 6.45) is 1.93. The van der Waals surface area contributed by atoms with Crippen LogP contribution in [-0.4, -0.2) is 27.8 Å². The van der Waals surface area contributed by atoms with Gasteiger partial charge >= 0.3 is 0 Å². The fourth-order valence-corrected chi connectivity index (χ4v) is 4.57. The predicted molar refractivity (Wildman–Crippen MR) is 117 cm³/mol. The van der Waals surface area contributed by atoms with Crippen LogP contribution >= 0.6 is 0 Å². The Hall–Kier alpha value is -3.17. The van der Waals surface area contributed by atoms with Crippen LogP contribution in [-0.2, 0) is 6.54 Å². The lowest BCUT2D eigenvalue weighted by Gasteiger charge is -2.20. The Morgan fingerprint density at radius 3 is 2.03 bits per heavy atom. The first-order chi connectivity index (χ1) is 14.4. The van der Waals surface area contributed by atoms with E-state index in [1.807, 2.05) is 6.20 Å². The van der Waals surface area contributed by atoms with Crippen molar-refractivity contribution in [3.63, 3.8) is 0 Å². The minimum Gasteiger partial charge on any atom is -0.298 e. The second-order valence-corrected chi connectivity index (χ2v) is 7.81. The van der Waals surface area contributed by atoms with Gasteiger partial charge in [-0.2, -0.15) is 5.10 Å². The summed E-state index contributed by atoms with van der Waals surface area (Å²) in [5.41, 5.74) is 5.20. The van der Waals surface area contributed by atoms with Gasteiger partial charge in [0.05, 0.1) is 5.69 Å². The first kappa shape index (κ1) is 17.9. The highest BCUT2D eigenvalue weighted by Crippen LogP contribution is 2.40. The highest BCUT2D eigenvalue weighted by atomic mass is 15.3. The summed E-state index contributed by atoms with van der Waals surface area (Å²) in [4.78, 5) is 2.58. The molecule has 3 heteroatoms. The standard InChI is InChI=1S/C26H25N3/c1-4-10-21(11-5-1)18-28-19-24(22-12-6-2-7-13-22)25(20-28)26-16-17-27-29(26)23-14-8-3-9-15-23/h1-17,24-25H,18-20H2. The fourth-order valence-electron chi connectivity index (χ4n) is 4.57. The summed E-state index contributed by atoms with van der Waals surface area (Å²) in [5.74, 6) is 0.864. The first-order valence-electron chi connectivity index (χ1n) is 10.3. The summed E-state index contributed by atoms with van der Waals surface area (Å²) in [5, 5.41) is 4.67. The lowest BCUT2D eigenvalue weighted by Crippen LogP contribution is -2.20. The molecule has 0 amide bonds. The van der Waals surface area contributed by atoms with E-state index < -0.39 is 0 Å². The van der Waals surface area contributed by atoms with Gasteiger partial charge in [0, 0.05) is 43.4 Å². The molecule has 5 rings (SSSR count). The largest absolute Gasteiger partial charge is 0.298 e. The number of likely N-dealkylation sites (tertiary alicyclic amines) is 1. The van der Waals surface area contributed by atoms with Crippen LogP contribution in [0.2, 0.25) is 0 Å². The van der Waals surface area contributed by atoms with Crippen LogP contribution in [0.25, 0.3) is 5.69 Å². The Bertz CT molecular complexity index is 1040. The maximum atomic E-state index is 4.67. The van der Waals surface area contributed by atoms with E-state index in [2.05, 4.69) is 112 Å². The third-order valence-corrected chi connectivity index (χ3v) is 5.92. The quantitative estimate of drug-likeness (QED) is 0.472. The van der Waals surface area contributed by atoms with Gasteiger partial charge in [0.25, 0.3) is 0 Å². The van der Waals surface area contributed by atoms with Crippen LogP contribution in [0.5, 0.6) is 0 Å². The maximum Gasteiger partial charge on any atom is 0.0648 e. The third kappa shape index (κ3) is 3.74. The number of hydrogen-bond acceptors (Lipinski definition) is 2. The van der Waals surface area contributed by atoms with Crippen molar-refractivity contribution in [2.45, 2.75) is 18.4 Å². The molecule has 1 saturated heterocycles. The van der Waals surface area contributed by atoms with Gasteiger partial charge in [-0.25, -0.2) is 4.68 Å². The highest BCUT2D eigenvalue weighted by molar-refractivity contribution is 5.36. The van der Waals surface area contributed by atoms with Gasteiger partial charge in [-0.3, -0.25) is 4.90 Å². The van der Waals surface area contributed by atoms with Crippen molar-refractivity contribution in [1.82, 2.24) is 14.7 Å². The number of para-hydroxylation sites is 1. The van der Waals surface area contributed by atoms with E-state index in [1.54, 1.807) is 0 Å². The second kappa shape index (κ2) is 8.06. The molecule has 0 N–H and O–H groups in total. The molecule has 2 unspecified atom stereocenters. The Kier molecular flexibility index (Phi) is 4.97. The van der Waals surface area contributed by atoms with Crippen LogP contribution in [0, 0.1) is 0 Å². The lowest BCUT2D eigenvalue weighted by molar-refractivity contribution is 0.323. The van der Waals surface area contributed by atoms with Crippen LogP contribution in [0.4, 0.5) is 0 Å². The number of benzene rings is 3. The number of nitrogens with zero attached hydrogens (tertiary/aromatic N) is 3. The molecule has 144 valence electrons. The van der Waals surface area contributed by atoms with E-state index in [1.165, 1.54) is 16.8 Å². The fraction of sp³-hybridized carbons (Fsp3) is 0.192. The predicted octanol–water partition coefficient (Wildman–Crippen LogP) is 5.26. The van der Waals surface area contributed by atoms with Crippen molar-refractivity contribution in [1.29, 1.82) is 0 Å². The van der Waals surface area contributed by atoms with Crippen LogP contribution in [0.1, 0.15) is 28.7 Å². The zero-order valence-corrected chi connectivity index (χ0v) is 16.4. The van der Waals surface area contributed by atoms with Gasteiger partial charge in [-0.05, 0) is 29.3 Å². The van der Waals surface area contributed by atoms with E-state index >= 15 is 0 Å². The SMILES string of the molecule is c1ccc(CN2CC(c3ccccc3)C(c3ccnn3-c3ccccc3)C2)cc1. The molecule has 1 aliphatic rings. The Labute approximate surface area is 172 Å². The summed E-state index contributed by atoms with van der Waals surface area (Å²) in [6.45, 7) is 3.08. The molecule has 2 heterocycles. The average molecular weight is 380 g/mol. The Morgan fingerprint density at radius 1 is 0.690 bits per heavy atom. The van der Waals surface area contributed by atoms with Gasteiger partial charge in [0.2, 0.25) is 0 Å². The molecule has 2 atom stereocenters. The van der Waals surface area contributed by atoms with Gasteiger partial charge < -0.3 is 0 Å². The monoisotopic (exact) mass is 379 g/mol. The lowest BCUT2D eigenvalue weighted by atomic mass is 9.86. The molecule has 4 aromatic rings. The summed E-state index contributed by atoms with van der Waals surface area (Å²) < 4.78 is 2.12. The number of hydrogen-bond donors (Lipinski definition) is 0. The van der Waals surface area contributed by atoms with Gasteiger partial charge in [0.1, 0.15) is 0 Å². The molecular weight excluding hydrogens is 354 g/mol. The molecule has 1 aliphatic heterocycles. The van der Waals surface area contributed by atoms with Crippen LogP contribution in [0.15, 0.2) is 103 Å². The molecule has 0 aliphatic carbocycles. The van der Waals surface area contributed by atoms with Crippen molar-refractivity contribution in [3.05, 3.63) is 120 Å². The number of aromatic nitrogens is 2. The molecular formula is C26H25N3. The summed E-state index contributed by atoms with van der Waals surface area (Å²) >= 11 is 0. The normalized spacial score (nSPS) is 19.4. The van der Waals surface area contributed by atoms with Gasteiger partial charge in [0.15, 0.2) is 0 Å². The Morgan fingerprint density at radius 2 is 1.31 bits per heavy atom. The van der Waals surface area contributed by atoms with Gasteiger partial charge in [-0.15, -0.1) is 0 Å². The molecule has 0 saturated carbocycles. The molecule has 0 radical (unpaired) electrons. The minimum atomic E-state index is 0.406. The topological polar surface area (TPSA) is 21.1 Å². The first-order valence-corrected chi connectivity index (χ1v) is 10.3. The second-order valence-electron chi connectivity index (χ2n) is 7.81. The van der Waals surface area contributed by atoms with Crippen molar-refractivity contribution >= 4 is 0 Å².